The minimum absolute atomic E-state index is 0. The molecule has 3 rings (SSSR count). The van der Waals surface area contributed by atoms with E-state index in [2.05, 4.69) is 4.90 Å². The Balaban J connectivity index is 0.00000225. The van der Waals surface area contributed by atoms with Crippen LogP contribution in [0.25, 0.3) is 6.08 Å². The van der Waals surface area contributed by atoms with Crippen LogP contribution in [0.4, 0.5) is 5.69 Å². The van der Waals surface area contributed by atoms with Gasteiger partial charge in [0.25, 0.3) is 5.69 Å². The van der Waals surface area contributed by atoms with Gasteiger partial charge in [-0.25, -0.2) is 0 Å². The molecule has 0 N–H and O–H groups in total. The number of nitrogens with zero attached hydrogens (tertiary/aromatic N) is 2. The predicted octanol–water partition coefficient (Wildman–Crippen LogP) is 3.89. The molecule has 0 aliphatic carbocycles. The third kappa shape index (κ3) is 4.95. The number of rotatable bonds is 6. The zero-order chi connectivity index (χ0) is 16.9. The van der Waals surface area contributed by atoms with Crippen LogP contribution in [-0.4, -0.2) is 30.2 Å². The first-order valence-corrected chi connectivity index (χ1v) is 7.60. The van der Waals surface area contributed by atoms with Crippen molar-refractivity contribution in [2.24, 2.45) is 0 Å². The molecule has 0 atom stereocenters. The van der Waals surface area contributed by atoms with E-state index in [0.29, 0.717) is 0 Å². The van der Waals surface area contributed by atoms with Gasteiger partial charge in [0.05, 0.1) is 4.92 Å². The quantitative estimate of drug-likeness (QED) is 0.576. The summed E-state index contributed by atoms with van der Waals surface area (Å²) in [4.78, 5) is 12.4. The first-order valence-electron chi connectivity index (χ1n) is 7.60. The Hall–Kier alpha value is -2.57. The molecule has 0 amide bonds. The SMILES string of the molecule is CN(C/C=C/c1ccc([N+](=O)[O-])cc1)Cc1ccc2c(c1)OCO2.Cl. The van der Waals surface area contributed by atoms with E-state index in [-0.39, 0.29) is 24.9 Å². The fourth-order valence-electron chi connectivity index (χ4n) is 2.49. The Morgan fingerprint density at radius 2 is 1.88 bits per heavy atom. The zero-order valence-electron chi connectivity index (χ0n) is 13.8. The number of fused-ring (bicyclic) bond motifs is 1. The zero-order valence-corrected chi connectivity index (χ0v) is 14.6. The van der Waals surface area contributed by atoms with Crippen LogP contribution in [0, 0.1) is 10.1 Å². The summed E-state index contributed by atoms with van der Waals surface area (Å²) < 4.78 is 10.7. The van der Waals surface area contributed by atoms with Gasteiger partial charge in [-0.2, -0.15) is 0 Å². The molecule has 6 nitrogen and oxygen atoms in total. The molecule has 0 aromatic heterocycles. The van der Waals surface area contributed by atoms with Crippen molar-refractivity contribution in [1.29, 1.82) is 0 Å². The summed E-state index contributed by atoms with van der Waals surface area (Å²) in [6.45, 7) is 1.85. The van der Waals surface area contributed by atoms with Gasteiger partial charge >= 0.3 is 0 Å². The first-order chi connectivity index (χ1) is 11.6. The number of likely N-dealkylation sites (N-methyl/N-ethyl adjacent to an activating group) is 1. The summed E-state index contributed by atoms with van der Waals surface area (Å²) >= 11 is 0. The van der Waals surface area contributed by atoms with Gasteiger partial charge in [0.15, 0.2) is 11.5 Å². The van der Waals surface area contributed by atoms with Gasteiger partial charge in [0.1, 0.15) is 0 Å². The lowest BCUT2D eigenvalue weighted by molar-refractivity contribution is -0.384. The molecule has 1 aliphatic heterocycles. The van der Waals surface area contributed by atoms with Crippen LogP contribution in [0.15, 0.2) is 48.5 Å². The summed E-state index contributed by atoms with van der Waals surface area (Å²) in [7, 11) is 2.03. The molecule has 2 aromatic rings. The average Bonchev–Trinajstić information content (AvgIpc) is 3.03. The lowest BCUT2D eigenvalue weighted by Crippen LogP contribution is -2.17. The maximum atomic E-state index is 10.6. The number of ether oxygens (including phenoxy) is 2. The molecule has 0 spiro atoms. The van der Waals surface area contributed by atoms with Crippen molar-refractivity contribution < 1.29 is 14.4 Å². The van der Waals surface area contributed by atoms with E-state index in [9.17, 15) is 10.1 Å². The molecule has 0 unspecified atom stereocenters. The van der Waals surface area contributed by atoms with Crippen LogP contribution in [-0.2, 0) is 6.54 Å². The van der Waals surface area contributed by atoms with Crippen molar-refractivity contribution in [3.63, 3.8) is 0 Å². The topological polar surface area (TPSA) is 64.8 Å². The van der Waals surface area contributed by atoms with Crippen molar-refractivity contribution >= 4 is 24.2 Å². The Bertz CT molecular complexity index is 762. The Morgan fingerprint density at radius 1 is 1.16 bits per heavy atom. The van der Waals surface area contributed by atoms with Crippen LogP contribution < -0.4 is 9.47 Å². The standard InChI is InChI=1S/C18H18N2O4.ClH/c1-19(12-15-6-9-17-18(11-15)24-13-23-17)10-2-3-14-4-7-16(8-5-14)20(21)22;/h2-9,11H,10,12-13H2,1H3;1H/b3-2+;. The minimum Gasteiger partial charge on any atom is -0.454 e. The van der Waals surface area contributed by atoms with Crippen LogP contribution >= 0.6 is 12.4 Å². The molecule has 0 bridgehead atoms. The molecule has 0 saturated carbocycles. The van der Waals surface area contributed by atoms with Crippen molar-refractivity contribution in [3.05, 3.63) is 69.8 Å². The van der Waals surface area contributed by atoms with Gasteiger partial charge in [-0.1, -0.05) is 18.2 Å². The van der Waals surface area contributed by atoms with Gasteiger partial charge in [0.2, 0.25) is 6.79 Å². The molecular formula is C18H19ClN2O4. The normalized spacial score (nSPS) is 12.4. The Kier molecular flexibility index (Phi) is 6.38. The molecule has 2 aromatic carbocycles. The summed E-state index contributed by atoms with van der Waals surface area (Å²) in [5, 5.41) is 10.6. The highest BCUT2D eigenvalue weighted by Crippen LogP contribution is 2.32. The van der Waals surface area contributed by atoms with Crippen molar-refractivity contribution in [1.82, 2.24) is 4.90 Å². The van der Waals surface area contributed by atoms with Gasteiger partial charge in [0, 0.05) is 25.2 Å². The first kappa shape index (κ1) is 18.8. The van der Waals surface area contributed by atoms with Crippen molar-refractivity contribution in [3.8, 4) is 11.5 Å². The van der Waals surface area contributed by atoms with E-state index in [1.54, 1.807) is 12.1 Å². The van der Waals surface area contributed by atoms with E-state index >= 15 is 0 Å². The molecule has 1 aliphatic rings. The number of nitro groups is 1. The Morgan fingerprint density at radius 3 is 2.60 bits per heavy atom. The van der Waals surface area contributed by atoms with Crippen molar-refractivity contribution in [2.45, 2.75) is 6.54 Å². The second-order valence-corrected chi connectivity index (χ2v) is 5.64. The summed E-state index contributed by atoms with van der Waals surface area (Å²) in [5.74, 6) is 1.58. The predicted molar refractivity (Wildman–Crippen MR) is 98.3 cm³/mol. The van der Waals surface area contributed by atoms with Crippen LogP contribution in [0.1, 0.15) is 11.1 Å². The van der Waals surface area contributed by atoms with E-state index < -0.39 is 4.92 Å². The molecule has 1 heterocycles. The molecule has 0 saturated heterocycles. The van der Waals surface area contributed by atoms with Crippen LogP contribution in [0.2, 0.25) is 0 Å². The van der Waals surface area contributed by atoms with E-state index in [0.717, 1.165) is 35.7 Å². The number of nitro benzene ring substituents is 1. The largest absolute Gasteiger partial charge is 0.454 e. The molecule has 132 valence electrons. The second-order valence-electron chi connectivity index (χ2n) is 5.64. The van der Waals surface area contributed by atoms with Crippen LogP contribution in [0.5, 0.6) is 11.5 Å². The second kappa shape index (κ2) is 8.50. The summed E-state index contributed by atoms with van der Waals surface area (Å²) in [6, 6.07) is 12.5. The molecule has 0 fully saturated rings. The van der Waals surface area contributed by atoms with Crippen LogP contribution in [0.3, 0.4) is 0 Å². The lowest BCUT2D eigenvalue weighted by atomic mass is 10.2. The van der Waals surface area contributed by atoms with Gasteiger partial charge < -0.3 is 9.47 Å². The summed E-state index contributed by atoms with van der Waals surface area (Å²) in [5.41, 5.74) is 2.20. The monoisotopic (exact) mass is 362 g/mol. The molecule has 25 heavy (non-hydrogen) atoms. The lowest BCUT2D eigenvalue weighted by Gasteiger charge is -2.14. The minimum atomic E-state index is -0.396. The summed E-state index contributed by atoms with van der Waals surface area (Å²) in [6.07, 6.45) is 3.99. The van der Waals surface area contributed by atoms with E-state index in [4.69, 9.17) is 9.47 Å². The fraction of sp³-hybridized carbons (Fsp3) is 0.222. The van der Waals surface area contributed by atoms with Gasteiger partial charge in [-0.3, -0.25) is 15.0 Å². The highest BCUT2D eigenvalue weighted by molar-refractivity contribution is 5.85. The maximum Gasteiger partial charge on any atom is 0.269 e. The number of benzene rings is 2. The van der Waals surface area contributed by atoms with Crippen molar-refractivity contribution in [2.75, 3.05) is 20.4 Å². The highest BCUT2D eigenvalue weighted by atomic mass is 35.5. The number of hydrogen-bond acceptors (Lipinski definition) is 5. The molecule has 0 radical (unpaired) electrons. The third-order valence-electron chi connectivity index (χ3n) is 3.72. The highest BCUT2D eigenvalue weighted by Gasteiger charge is 2.13. The van der Waals surface area contributed by atoms with E-state index in [1.807, 2.05) is 37.4 Å². The number of non-ortho nitro benzene ring substituents is 1. The van der Waals surface area contributed by atoms with Gasteiger partial charge in [-0.15, -0.1) is 12.4 Å². The number of halogens is 1. The Labute approximate surface area is 152 Å². The average molecular weight is 363 g/mol. The smallest absolute Gasteiger partial charge is 0.269 e. The number of hydrogen-bond donors (Lipinski definition) is 0. The molecular weight excluding hydrogens is 344 g/mol. The fourth-order valence-corrected chi connectivity index (χ4v) is 2.49. The maximum absolute atomic E-state index is 10.6. The molecule has 7 heteroatoms. The van der Waals surface area contributed by atoms with E-state index in [1.165, 1.54) is 12.1 Å². The van der Waals surface area contributed by atoms with Gasteiger partial charge in [-0.05, 0) is 42.4 Å². The third-order valence-corrected chi connectivity index (χ3v) is 3.72.